The molecule has 4 nitrogen and oxygen atoms in total. The van der Waals surface area contributed by atoms with Crippen molar-refractivity contribution in [1.82, 2.24) is 0 Å². The molecule has 6 heteroatoms. The summed E-state index contributed by atoms with van der Waals surface area (Å²) in [4.78, 5) is 10.7. The van der Waals surface area contributed by atoms with Crippen LogP contribution in [0.1, 0.15) is 31.4 Å². The molecule has 0 aliphatic rings. The summed E-state index contributed by atoms with van der Waals surface area (Å²) in [6.45, 7) is 5.73. The quantitative estimate of drug-likeness (QED) is 0.466. The number of benzene rings is 2. The van der Waals surface area contributed by atoms with Crippen molar-refractivity contribution < 1.29 is 14.6 Å². The lowest BCUT2D eigenvalue weighted by atomic mass is 10.1. The SMILES string of the molecule is CC(C)CNc1cccc(COc2c(Br)cc(CCC(=O)O)cc2Br)c1. The van der Waals surface area contributed by atoms with Gasteiger partial charge in [-0.05, 0) is 79.6 Å². The topological polar surface area (TPSA) is 58.6 Å². The van der Waals surface area contributed by atoms with Gasteiger partial charge in [0.1, 0.15) is 12.4 Å². The highest BCUT2D eigenvalue weighted by molar-refractivity contribution is 9.11. The molecule has 0 bridgehead atoms. The van der Waals surface area contributed by atoms with E-state index < -0.39 is 5.97 Å². The van der Waals surface area contributed by atoms with Crippen LogP contribution in [0.4, 0.5) is 5.69 Å². The van der Waals surface area contributed by atoms with E-state index in [1.807, 2.05) is 24.3 Å². The van der Waals surface area contributed by atoms with Gasteiger partial charge in [0.25, 0.3) is 0 Å². The minimum absolute atomic E-state index is 0.106. The maximum Gasteiger partial charge on any atom is 0.303 e. The zero-order valence-corrected chi connectivity index (χ0v) is 18.1. The largest absolute Gasteiger partial charge is 0.487 e. The number of aryl methyl sites for hydroxylation is 1. The number of aliphatic carboxylic acids is 1. The summed E-state index contributed by atoms with van der Waals surface area (Å²) in [5.74, 6) is 0.495. The molecule has 0 saturated heterocycles. The molecule has 0 aliphatic heterocycles. The third kappa shape index (κ3) is 6.65. The van der Waals surface area contributed by atoms with E-state index in [2.05, 4.69) is 63.2 Å². The Morgan fingerprint density at radius 3 is 2.46 bits per heavy atom. The number of carboxylic acid groups (broad SMARTS) is 1. The predicted octanol–water partition coefficient (Wildman–Crippen LogP) is 5.88. The van der Waals surface area contributed by atoms with Crippen LogP contribution in [0.15, 0.2) is 45.3 Å². The number of hydrogen-bond donors (Lipinski definition) is 2. The molecule has 2 N–H and O–H groups in total. The third-order valence-electron chi connectivity index (χ3n) is 3.71. The van der Waals surface area contributed by atoms with E-state index >= 15 is 0 Å². The summed E-state index contributed by atoms with van der Waals surface area (Å²) in [7, 11) is 0. The maximum absolute atomic E-state index is 10.7. The second-order valence-corrected chi connectivity index (χ2v) is 8.25. The summed E-state index contributed by atoms with van der Waals surface area (Å²) < 4.78 is 7.59. The zero-order valence-electron chi connectivity index (χ0n) is 14.9. The highest BCUT2D eigenvalue weighted by Gasteiger charge is 2.11. The lowest BCUT2D eigenvalue weighted by Gasteiger charge is -2.14. The highest BCUT2D eigenvalue weighted by atomic mass is 79.9. The van der Waals surface area contributed by atoms with Gasteiger partial charge in [-0.15, -0.1) is 0 Å². The number of ether oxygens (including phenoxy) is 1. The fourth-order valence-electron chi connectivity index (χ4n) is 2.39. The molecule has 0 aliphatic carbocycles. The van der Waals surface area contributed by atoms with Crippen molar-refractivity contribution in [3.05, 3.63) is 56.5 Å². The second-order valence-electron chi connectivity index (χ2n) is 6.55. The van der Waals surface area contributed by atoms with Crippen LogP contribution in [0, 0.1) is 5.92 Å². The van der Waals surface area contributed by atoms with Gasteiger partial charge in [0, 0.05) is 18.7 Å². The van der Waals surface area contributed by atoms with E-state index in [1.165, 1.54) is 0 Å². The van der Waals surface area contributed by atoms with Gasteiger partial charge in [-0.3, -0.25) is 4.79 Å². The fraction of sp³-hybridized carbons (Fsp3) is 0.350. The third-order valence-corrected chi connectivity index (χ3v) is 4.89. The van der Waals surface area contributed by atoms with E-state index in [9.17, 15) is 4.79 Å². The molecular weight excluding hydrogens is 462 g/mol. The van der Waals surface area contributed by atoms with Gasteiger partial charge in [0.2, 0.25) is 0 Å². The summed E-state index contributed by atoms with van der Waals surface area (Å²) >= 11 is 7.04. The average molecular weight is 485 g/mol. The lowest BCUT2D eigenvalue weighted by molar-refractivity contribution is -0.136. The first-order chi connectivity index (χ1) is 12.3. The number of rotatable bonds is 9. The van der Waals surface area contributed by atoms with E-state index in [0.717, 1.165) is 32.3 Å². The summed E-state index contributed by atoms with van der Waals surface area (Å²) in [5.41, 5.74) is 3.10. The van der Waals surface area contributed by atoms with Crippen molar-refractivity contribution in [3.63, 3.8) is 0 Å². The van der Waals surface area contributed by atoms with E-state index in [-0.39, 0.29) is 6.42 Å². The van der Waals surface area contributed by atoms with E-state index in [4.69, 9.17) is 9.84 Å². The standard InChI is InChI=1S/C20H23Br2NO3/c1-13(2)11-23-16-5-3-4-15(8-16)12-26-20-17(21)9-14(10-18(20)22)6-7-19(24)25/h3-5,8-10,13,23H,6-7,11-12H2,1-2H3,(H,24,25). The Bertz CT molecular complexity index is 739. The number of anilines is 1. The van der Waals surface area contributed by atoms with Gasteiger partial charge in [-0.1, -0.05) is 26.0 Å². The molecule has 2 aromatic carbocycles. The number of carbonyl (C=O) groups is 1. The smallest absolute Gasteiger partial charge is 0.303 e. The Hall–Kier alpha value is -1.53. The van der Waals surface area contributed by atoms with E-state index in [0.29, 0.717) is 24.7 Å². The Balaban J connectivity index is 2.03. The van der Waals surface area contributed by atoms with Gasteiger partial charge < -0.3 is 15.2 Å². The van der Waals surface area contributed by atoms with Crippen molar-refractivity contribution in [2.24, 2.45) is 5.92 Å². The molecule has 0 fully saturated rings. The average Bonchev–Trinajstić information content (AvgIpc) is 2.58. The van der Waals surface area contributed by atoms with Crippen molar-refractivity contribution >= 4 is 43.5 Å². The zero-order chi connectivity index (χ0) is 19.1. The number of nitrogens with one attached hydrogen (secondary N) is 1. The second kappa shape index (κ2) is 9.97. The van der Waals surface area contributed by atoms with Crippen LogP contribution in [0.2, 0.25) is 0 Å². The molecule has 0 spiro atoms. The van der Waals surface area contributed by atoms with Crippen molar-refractivity contribution in [3.8, 4) is 5.75 Å². The Kier molecular flexibility index (Phi) is 7.97. The molecule has 0 unspecified atom stereocenters. The summed E-state index contributed by atoms with van der Waals surface area (Å²) in [6.07, 6.45) is 0.589. The Morgan fingerprint density at radius 2 is 1.85 bits per heavy atom. The molecule has 2 aromatic rings. The predicted molar refractivity (Wildman–Crippen MR) is 112 cm³/mol. The molecular formula is C20H23Br2NO3. The number of hydrogen-bond acceptors (Lipinski definition) is 3. The van der Waals surface area contributed by atoms with Crippen LogP contribution >= 0.6 is 31.9 Å². The van der Waals surface area contributed by atoms with Gasteiger partial charge in [-0.2, -0.15) is 0 Å². The molecule has 2 rings (SSSR count). The minimum atomic E-state index is -0.802. The first-order valence-corrected chi connectivity index (χ1v) is 10.1. The van der Waals surface area contributed by atoms with Crippen molar-refractivity contribution in [1.29, 1.82) is 0 Å². The molecule has 140 valence electrons. The summed E-state index contributed by atoms with van der Waals surface area (Å²) in [5, 5.41) is 12.2. The van der Waals surface area contributed by atoms with Gasteiger partial charge >= 0.3 is 5.97 Å². The minimum Gasteiger partial charge on any atom is -0.487 e. The van der Waals surface area contributed by atoms with Crippen LogP contribution in [0.5, 0.6) is 5.75 Å². The lowest BCUT2D eigenvalue weighted by Crippen LogP contribution is -2.08. The first-order valence-electron chi connectivity index (χ1n) is 8.50. The summed E-state index contributed by atoms with van der Waals surface area (Å²) in [6, 6.07) is 12.0. The molecule has 0 radical (unpaired) electrons. The van der Waals surface area contributed by atoms with Gasteiger partial charge in [0.05, 0.1) is 8.95 Å². The van der Waals surface area contributed by atoms with Crippen LogP contribution in [0.25, 0.3) is 0 Å². The molecule has 0 amide bonds. The maximum atomic E-state index is 10.7. The van der Waals surface area contributed by atoms with Crippen LogP contribution in [-0.2, 0) is 17.8 Å². The molecule has 0 aromatic heterocycles. The highest BCUT2D eigenvalue weighted by Crippen LogP contribution is 2.35. The Labute approximate surface area is 171 Å². The fourth-order valence-corrected chi connectivity index (χ4v) is 3.90. The Morgan fingerprint density at radius 1 is 1.15 bits per heavy atom. The molecule has 26 heavy (non-hydrogen) atoms. The normalized spacial score (nSPS) is 10.8. The molecule has 0 saturated carbocycles. The van der Waals surface area contributed by atoms with E-state index in [1.54, 1.807) is 0 Å². The van der Waals surface area contributed by atoms with Crippen molar-refractivity contribution in [2.75, 3.05) is 11.9 Å². The van der Waals surface area contributed by atoms with Crippen LogP contribution < -0.4 is 10.1 Å². The van der Waals surface area contributed by atoms with Crippen molar-refractivity contribution in [2.45, 2.75) is 33.3 Å². The van der Waals surface area contributed by atoms with Gasteiger partial charge in [-0.25, -0.2) is 0 Å². The molecule has 0 atom stereocenters. The first kappa shape index (κ1) is 20.8. The number of halogens is 2. The monoisotopic (exact) mass is 483 g/mol. The number of carboxylic acids is 1. The van der Waals surface area contributed by atoms with Crippen LogP contribution in [-0.4, -0.2) is 17.6 Å². The van der Waals surface area contributed by atoms with Gasteiger partial charge in [0.15, 0.2) is 0 Å². The molecule has 0 heterocycles. The van der Waals surface area contributed by atoms with Crippen LogP contribution in [0.3, 0.4) is 0 Å².